The molecule has 2 aliphatic rings. The maximum Gasteiger partial charge on any atom is 0.155 e. The van der Waals surface area contributed by atoms with Crippen molar-refractivity contribution in [3.8, 4) is 0 Å². The molecule has 1 nitrogen and oxygen atoms in total. The lowest BCUT2D eigenvalue weighted by Gasteiger charge is -2.41. The molecule has 0 spiro atoms. The van der Waals surface area contributed by atoms with Crippen molar-refractivity contribution < 1.29 is 4.79 Å². The van der Waals surface area contributed by atoms with E-state index < -0.39 is 0 Å². The zero-order valence-corrected chi connectivity index (χ0v) is 8.72. The van der Waals surface area contributed by atoms with Gasteiger partial charge in [-0.3, -0.25) is 4.79 Å². The molecular formula is C13H18O. The second-order valence-corrected chi connectivity index (χ2v) is 4.62. The van der Waals surface area contributed by atoms with Crippen LogP contribution in [0.3, 0.4) is 0 Å². The lowest BCUT2D eigenvalue weighted by atomic mass is 9.63. The molecular weight excluding hydrogens is 172 g/mol. The maximum absolute atomic E-state index is 11.4. The van der Waals surface area contributed by atoms with Gasteiger partial charge in [-0.05, 0) is 43.6 Å². The van der Waals surface area contributed by atoms with E-state index in [-0.39, 0.29) is 0 Å². The van der Waals surface area contributed by atoms with Crippen LogP contribution in [0.1, 0.15) is 44.9 Å². The highest BCUT2D eigenvalue weighted by atomic mass is 16.1. The van der Waals surface area contributed by atoms with Crippen molar-refractivity contribution in [1.82, 2.24) is 0 Å². The number of ketones is 1. The van der Waals surface area contributed by atoms with Gasteiger partial charge >= 0.3 is 0 Å². The highest BCUT2D eigenvalue weighted by Crippen LogP contribution is 2.49. The topological polar surface area (TPSA) is 17.1 Å². The first-order valence-corrected chi connectivity index (χ1v) is 5.62. The van der Waals surface area contributed by atoms with Gasteiger partial charge in [-0.1, -0.05) is 18.1 Å². The van der Waals surface area contributed by atoms with E-state index in [1.807, 2.05) is 12.2 Å². The lowest BCUT2D eigenvalue weighted by Crippen LogP contribution is -2.30. The normalized spacial score (nSPS) is 32.0. The number of hydrogen-bond donors (Lipinski definition) is 0. The number of fused-ring (bicyclic) bond motifs is 1. The fourth-order valence-corrected chi connectivity index (χ4v) is 2.96. The Bertz CT molecular complexity index is 288. The Balaban J connectivity index is 2.29. The van der Waals surface area contributed by atoms with Gasteiger partial charge in [-0.2, -0.15) is 0 Å². The van der Waals surface area contributed by atoms with E-state index in [0.29, 0.717) is 11.2 Å². The molecule has 14 heavy (non-hydrogen) atoms. The fourth-order valence-electron chi connectivity index (χ4n) is 2.96. The zero-order valence-electron chi connectivity index (χ0n) is 8.72. The van der Waals surface area contributed by atoms with Crippen molar-refractivity contribution in [2.24, 2.45) is 5.41 Å². The van der Waals surface area contributed by atoms with E-state index in [4.69, 9.17) is 0 Å². The van der Waals surface area contributed by atoms with E-state index in [9.17, 15) is 4.79 Å². The molecule has 0 radical (unpaired) electrons. The third-order valence-corrected chi connectivity index (χ3v) is 3.75. The Kier molecular flexibility index (Phi) is 2.58. The maximum atomic E-state index is 11.4. The highest BCUT2D eigenvalue weighted by Gasteiger charge is 2.37. The molecule has 0 bridgehead atoms. The summed E-state index contributed by atoms with van der Waals surface area (Å²) in [6.07, 6.45) is 11.8. The average molecular weight is 190 g/mol. The summed E-state index contributed by atoms with van der Waals surface area (Å²) in [7, 11) is 0. The Morgan fingerprint density at radius 1 is 1.36 bits per heavy atom. The van der Waals surface area contributed by atoms with Gasteiger partial charge in [0.05, 0.1) is 0 Å². The summed E-state index contributed by atoms with van der Waals surface area (Å²) < 4.78 is 0. The summed E-state index contributed by atoms with van der Waals surface area (Å²) in [4.78, 5) is 11.4. The second kappa shape index (κ2) is 3.72. The zero-order chi connectivity index (χ0) is 10.0. The van der Waals surface area contributed by atoms with Crippen molar-refractivity contribution in [2.45, 2.75) is 44.9 Å². The van der Waals surface area contributed by atoms with Gasteiger partial charge < -0.3 is 0 Å². The molecule has 0 aromatic carbocycles. The van der Waals surface area contributed by atoms with Crippen molar-refractivity contribution >= 4 is 5.78 Å². The van der Waals surface area contributed by atoms with Gasteiger partial charge in [0.15, 0.2) is 5.78 Å². The van der Waals surface area contributed by atoms with Crippen molar-refractivity contribution in [2.75, 3.05) is 0 Å². The summed E-state index contributed by atoms with van der Waals surface area (Å²) in [6.45, 7) is 3.85. The molecule has 2 aliphatic carbocycles. The molecule has 1 saturated carbocycles. The standard InChI is InChI=1S/C13H18O/c1-2-7-13-8-4-3-5-11(13)10-12(14)6-9-13/h2,10H,1,3-9H2/t13-/m0/s1. The molecule has 0 N–H and O–H groups in total. The van der Waals surface area contributed by atoms with E-state index in [0.717, 1.165) is 25.7 Å². The van der Waals surface area contributed by atoms with E-state index >= 15 is 0 Å². The summed E-state index contributed by atoms with van der Waals surface area (Å²) in [5.74, 6) is 0.335. The second-order valence-electron chi connectivity index (χ2n) is 4.62. The first kappa shape index (κ1) is 9.70. The van der Waals surface area contributed by atoms with Gasteiger partial charge in [0.25, 0.3) is 0 Å². The molecule has 2 rings (SSSR count). The number of allylic oxidation sites excluding steroid dienone is 3. The van der Waals surface area contributed by atoms with Crippen molar-refractivity contribution in [1.29, 1.82) is 0 Å². The molecule has 1 fully saturated rings. The first-order valence-electron chi connectivity index (χ1n) is 5.62. The van der Waals surface area contributed by atoms with E-state index in [2.05, 4.69) is 6.58 Å². The van der Waals surface area contributed by atoms with Gasteiger partial charge in [0.1, 0.15) is 0 Å². The number of carbonyl (C=O) groups excluding carboxylic acids is 1. The Hall–Kier alpha value is -0.850. The van der Waals surface area contributed by atoms with Crippen LogP contribution in [-0.2, 0) is 4.79 Å². The fraction of sp³-hybridized carbons (Fsp3) is 0.615. The first-order chi connectivity index (χ1) is 6.77. The van der Waals surface area contributed by atoms with Crippen LogP contribution in [0.15, 0.2) is 24.3 Å². The molecule has 1 heteroatoms. The largest absolute Gasteiger partial charge is 0.295 e. The van der Waals surface area contributed by atoms with Gasteiger partial charge in [0, 0.05) is 6.42 Å². The Labute approximate surface area is 85.9 Å². The molecule has 0 amide bonds. The Morgan fingerprint density at radius 2 is 2.21 bits per heavy atom. The minimum absolute atomic E-state index is 0.327. The quantitative estimate of drug-likeness (QED) is 0.610. The van der Waals surface area contributed by atoms with Crippen LogP contribution in [-0.4, -0.2) is 5.78 Å². The summed E-state index contributed by atoms with van der Waals surface area (Å²) in [5, 5.41) is 0. The summed E-state index contributed by atoms with van der Waals surface area (Å²) >= 11 is 0. The third-order valence-electron chi connectivity index (χ3n) is 3.75. The van der Waals surface area contributed by atoms with Crippen molar-refractivity contribution in [3.63, 3.8) is 0 Å². The summed E-state index contributed by atoms with van der Waals surface area (Å²) in [6, 6.07) is 0. The van der Waals surface area contributed by atoms with Crippen LogP contribution in [0, 0.1) is 5.41 Å². The minimum atomic E-state index is 0.327. The van der Waals surface area contributed by atoms with Gasteiger partial charge in [0.2, 0.25) is 0 Å². The van der Waals surface area contributed by atoms with Crippen LogP contribution >= 0.6 is 0 Å². The average Bonchev–Trinajstić information content (AvgIpc) is 2.19. The number of hydrogen-bond acceptors (Lipinski definition) is 1. The number of carbonyl (C=O) groups is 1. The molecule has 0 aromatic heterocycles. The van der Waals surface area contributed by atoms with Crippen LogP contribution in [0.4, 0.5) is 0 Å². The monoisotopic (exact) mass is 190 g/mol. The minimum Gasteiger partial charge on any atom is -0.295 e. The van der Waals surface area contributed by atoms with E-state index in [1.165, 1.54) is 24.8 Å². The predicted octanol–water partition coefficient (Wildman–Crippen LogP) is 3.41. The van der Waals surface area contributed by atoms with Crippen LogP contribution in [0.25, 0.3) is 0 Å². The molecule has 0 unspecified atom stereocenters. The lowest BCUT2D eigenvalue weighted by molar-refractivity contribution is -0.116. The van der Waals surface area contributed by atoms with E-state index in [1.54, 1.807) is 0 Å². The molecule has 0 heterocycles. The van der Waals surface area contributed by atoms with Crippen LogP contribution < -0.4 is 0 Å². The van der Waals surface area contributed by atoms with Gasteiger partial charge in [-0.15, -0.1) is 6.58 Å². The molecule has 1 atom stereocenters. The third kappa shape index (κ3) is 1.56. The number of rotatable bonds is 2. The SMILES string of the molecule is C=CC[C@@]12CCCCC1=CC(=O)CC2. The molecule has 76 valence electrons. The Morgan fingerprint density at radius 3 is 3.00 bits per heavy atom. The van der Waals surface area contributed by atoms with Gasteiger partial charge in [-0.25, -0.2) is 0 Å². The van der Waals surface area contributed by atoms with Crippen LogP contribution in [0.2, 0.25) is 0 Å². The summed E-state index contributed by atoms with van der Waals surface area (Å²) in [5.41, 5.74) is 1.74. The smallest absolute Gasteiger partial charge is 0.155 e. The molecule has 0 aliphatic heterocycles. The molecule has 0 aromatic rings. The highest BCUT2D eigenvalue weighted by molar-refractivity contribution is 5.91. The van der Waals surface area contributed by atoms with Crippen LogP contribution in [0.5, 0.6) is 0 Å². The van der Waals surface area contributed by atoms with Crippen molar-refractivity contribution in [3.05, 3.63) is 24.3 Å². The predicted molar refractivity (Wildman–Crippen MR) is 58.0 cm³/mol. The molecule has 0 saturated heterocycles.